The fourth-order valence-electron chi connectivity index (χ4n) is 2.62. The first-order valence-electron chi connectivity index (χ1n) is 6.69. The molecule has 0 saturated carbocycles. The molecule has 1 aromatic carbocycles. The Balaban J connectivity index is 1.95. The van der Waals surface area contributed by atoms with Gasteiger partial charge in [-0.15, -0.1) is 11.3 Å². The number of benzene rings is 1. The monoisotopic (exact) mass is 370 g/mol. The largest absolute Gasteiger partial charge is 0.314 e. The second kappa shape index (κ2) is 6.58. The van der Waals surface area contributed by atoms with Crippen LogP contribution in [0.25, 0.3) is 0 Å². The lowest BCUT2D eigenvalue weighted by molar-refractivity contribution is 0.200. The van der Waals surface area contributed by atoms with E-state index >= 15 is 0 Å². The van der Waals surface area contributed by atoms with Crippen LogP contribution < -0.4 is 5.32 Å². The van der Waals surface area contributed by atoms with Crippen molar-refractivity contribution in [2.24, 2.45) is 0 Å². The van der Waals surface area contributed by atoms with Crippen molar-refractivity contribution in [2.75, 3.05) is 26.2 Å². The third kappa shape index (κ3) is 3.26. The Morgan fingerprint density at radius 1 is 1.10 bits per heavy atom. The van der Waals surface area contributed by atoms with E-state index in [2.05, 4.69) is 56.5 Å². The maximum absolute atomic E-state index is 6.14. The SMILES string of the molecule is Clc1ccc(C(c2ccc(Br)cc2)N2CCNCC2)s1. The molecule has 5 heteroatoms. The molecule has 20 heavy (non-hydrogen) atoms. The first-order valence-corrected chi connectivity index (χ1v) is 8.68. The Kier molecular flexibility index (Phi) is 4.79. The smallest absolute Gasteiger partial charge is 0.0931 e. The molecule has 1 saturated heterocycles. The van der Waals surface area contributed by atoms with Gasteiger partial charge in [0, 0.05) is 35.5 Å². The van der Waals surface area contributed by atoms with E-state index in [9.17, 15) is 0 Å². The number of nitrogens with one attached hydrogen (secondary N) is 1. The first kappa shape index (κ1) is 14.5. The second-order valence-electron chi connectivity index (χ2n) is 4.88. The van der Waals surface area contributed by atoms with Crippen LogP contribution in [0.5, 0.6) is 0 Å². The number of hydrogen-bond donors (Lipinski definition) is 1. The Morgan fingerprint density at radius 2 is 1.80 bits per heavy atom. The van der Waals surface area contributed by atoms with Crippen molar-refractivity contribution in [3.63, 3.8) is 0 Å². The highest BCUT2D eigenvalue weighted by Crippen LogP contribution is 2.35. The molecule has 106 valence electrons. The molecule has 1 fully saturated rings. The summed E-state index contributed by atoms with van der Waals surface area (Å²) in [5.74, 6) is 0. The summed E-state index contributed by atoms with van der Waals surface area (Å²) in [5.41, 5.74) is 1.33. The van der Waals surface area contributed by atoms with Crippen molar-refractivity contribution in [3.05, 3.63) is 55.6 Å². The van der Waals surface area contributed by atoms with Gasteiger partial charge in [0.25, 0.3) is 0 Å². The van der Waals surface area contributed by atoms with Crippen molar-refractivity contribution in [1.29, 1.82) is 0 Å². The first-order chi connectivity index (χ1) is 9.74. The second-order valence-corrected chi connectivity index (χ2v) is 7.54. The van der Waals surface area contributed by atoms with Crippen LogP contribution >= 0.6 is 38.9 Å². The minimum atomic E-state index is 0.308. The molecule has 3 rings (SSSR count). The summed E-state index contributed by atoms with van der Waals surface area (Å²) >= 11 is 11.3. The van der Waals surface area contributed by atoms with Gasteiger partial charge in [0.15, 0.2) is 0 Å². The highest BCUT2D eigenvalue weighted by Gasteiger charge is 2.25. The molecule has 0 aliphatic carbocycles. The summed E-state index contributed by atoms with van der Waals surface area (Å²) < 4.78 is 1.97. The minimum absolute atomic E-state index is 0.308. The molecule has 1 aliphatic rings. The van der Waals surface area contributed by atoms with Crippen LogP contribution in [0.4, 0.5) is 0 Å². The molecular weight excluding hydrogens is 356 g/mol. The molecular formula is C15H16BrClN2S. The van der Waals surface area contributed by atoms with Crippen LogP contribution in [0.3, 0.4) is 0 Å². The normalized spacial score (nSPS) is 18.1. The molecule has 2 nitrogen and oxygen atoms in total. The fourth-order valence-corrected chi connectivity index (χ4v) is 4.10. The Bertz CT molecular complexity index is 564. The van der Waals surface area contributed by atoms with E-state index in [-0.39, 0.29) is 0 Å². The van der Waals surface area contributed by atoms with Crippen LogP contribution in [0.1, 0.15) is 16.5 Å². The lowest BCUT2D eigenvalue weighted by Crippen LogP contribution is -2.45. The Labute approximate surface area is 136 Å². The van der Waals surface area contributed by atoms with Gasteiger partial charge >= 0.3 is 0 Å². The maximum Gasteiger partial charge on any atom is 0.0931 e. The van der Waals surface area contributed by atoms with Gasteiger partial charge in [-0.05, 0) is 29.8 Å². The van der Waals surface area contributed by atoms with E-state index in [0.717, 1.165) is 35.0 Å². The van der Waals surface area contributed by atoms with E-state index in [4.69, 9.17) is 11.6 Å². The van der Waals surface area contributed by atoms with E-state index in [1.54, 1.807) is 11.3 Å². The van der Waals surface area contributed by atoms with E-state index in [0.29, 0.717) is 6.04 Å². The number of rotatable bonds is 3. The number of halogens is 2. The molecule has 1 aromatic heterocycles. The molecule has 2 heterocycles. The summed E-state index contributed by atoms with van der Waals surface area (Å²) in [6.07, 6.45) is 0. The predicted octanol–water partition coefficient (Wildman–Crippen LogP) is 4.16. The molecule has 0 bridgehead atoms. The Morgan fingerprint density at radius 3 is 2.40 bits per heavy atom. The third-order valence-electron chi connectivity index (χ3n) is 3.57. The molecule has 1 atom stereocenters. The molecule has 1 aliphatic heterocycles. The van der Waals surface area contributed by atoms with Gasteiger partial charge in [-0.25, -0.2) is 0 Å². The van der Waals surface area contributed by atoms with E-state index in [1.807, 2.05) is 6.07 Å². The highest BCUT2D eigenvalue weighted by atomic mass is 79.9. The van der Waals surface area contributed by atoms with E-state index in [1.165, 1.54) is 10.4 Å². The zero-order valence-electron chi connectivity index (χ0n) is 11.0. The zero-order valence-corrected chi connectivity index (χ0v) is 14.1. The molecule has 1 N–H and O–H groups in total. The molecule has 1 unspecified atom stereocenters. The quantitative estimate of drug-likeness (QED) is 0.871. The van der Waals surface area contributed by atoms with Gasteiger partial charge in [-0.2, -0.15) is 0 Å². The minimum Gasteiger partial charge on any atom is -0.314 e. The van der Waals surface area contributed by atoms with Crippen LogP contribution in [0.2, 0.25) is 4.34 Å². The van der Waals surface area contributed by atoms with Crippen LogP contribution in [0.15, 0.2) is 40.9 Å². The van der Waals surface area contributed by atoms with Crippen LogP contribution in [-0.2, 0) is 0 Å². The van der Waals surface area contributed by atoms with Crippen molar-refractivity contribution in [2.45, 2.75) is 6.04 Å². The fraction of sp³-hybridized carbons (Fsp3) is 0.333. The topological polar surface area (TPSA) is 15.3 Å². The maximum atomic E-state index is 6.14. The lowest BCUT2D eigenvalue weighted by Gasteiger charge is -2.34. The average molecular weight is 372 g/mol. The third-order valence-corrected chi connectivity index (χ3v) is 5.38. The number of piperazine rings is 1. The summed E-state index contributed by atoms with van der Waals surface area (Å²) in [6.45, 7) is 4.23. The molecule has 0 spiro atoms. The van der Waals surface area contributed by atoms with Crippen LogP contribution in [-0.4, -0.2) is 31.1 Å². The van der Waals surface area contributed by atoms with Gasteiger partial charge < -0.3 is 5.32 Å². The molecule has 0 radical (unpaired) electrons. The van der Waals surface area contributed by atoms with Gasteiger partial charge in [-0.3, -0.25) is 4.90 Å². The summed E-state index contributed by atoms with van der Waals surface area (Å²) in [4.78, 5) is 3.85. The number of hydrogen-bond acceptors (Lipinski definition) is 3. The zero-order chi connectivity index (χ0) is 13.9. The van der Waals surface area contributed by atoms with Crippen molar-refractivity contribution >= 4 is 38.9 Å². The van der Waals surface area contributed by atoms with Crippen molar-refractivity contribution in [1.82, 2.24) is 10.2 Å². The standard InChI is InChI=1S/C15H16BrClN2S/c16-12-3-1-11(2-4-12)15(13-5-6-14(17)20-13)19-9-7-18-8-10-19/h1-6,15,18H,7-10H2. The van der Waals surface area contributed by atoms with Crippen molar-refractivity contribution in [3.8, 4) is 0 Å². The Hall–Kier alpha value is -0.390. The van der Waals surface area contributed by atoms with E-state index < -0.39 is 0 Å². The summed E-state index contributed by atoms with van der Waals surface area (Å²) in [6, 6.07) is 13.1. The molecule has 2 aromatic rings. The predicted molar refractivity (Wildman–Crippen MR) is 89.8 cm³/mol. The average Bonchev–Trinajstić information content (AvgIpc) is 2.89. The van der Waals surface area contributed by atoms with Gasteiger partial charge in [0.1, 0.15) is 0 Å². The van der Waals surface area contributed by atoms with Gasteiger partial charge in [-0.1, -0.05) is 39.7 Å². The van der Waals surface area contributed by atoms with Crippen molar-refractivity contribution < 1.29 is 0 Å². The highest BCUT2D eigenvalue weighted by molar-refractivity contribution is 9.10. The number of thiophene rings is 1. The summed E-state index contributed by atoms with van der Waals surface area (Å²) in [5, 5.41) is 3.42. The molecule has 0 amide bonds. The van der Waals surface area contributed by atoms with Crippen LogP contribution in [0, 0.1) is 0 Å². The van der Waals surface area contributed by atoms with Gasteiger partial charge in [0.05, 0.1) is 10.4 Å². The van der Waals surface area contributed by atoms with Gasteiger partial charge in [0.2, 0.25) is 0 Å². The summed E-state index contributed by atoms with van der Waals surface area (Å²) in [7, 11) is 0. The lowest BCUT2D eigenvalue weighted by atomic mass is 10.0. The number of nitrogens with zero attached hydrogens (tertiary/aromatic N) is 1.